The quantitative estimate of drug-likeness (QED) is 0.770. The van der Waals surface area contributed by atoms with E-state index in [9.17, 15) is 4.79 Å². The average molecular weight is 233 g/mol. The number of hydrogen-bond acceptors (Lipinski definition) is 3. The number of rotatable bonds is 7. The minimum absolute atomic E-state index is 0.134. The number of benzene rings is 1. The Labute approximate surface area is 102 Å². The molecule has 0 aromatic heterocycles. The molecule has 1 fully saturated rings. The van der Waals surface area contributed by atoms with Crippen LogP contribution in [0, 0.1) is 0 Å². The monoisotopic (exact) mass is 233 g/mol. The molecule has 1 saturated carbocycles. The number of aliphatic hydroxyl groups excluding tert-OH is 1. The van der Waals surface area contributed by atoms with E-state index in [2.05, 4.69) is 4.90 Å². The summed E-state index contributed by atoms with van der Waals surface area (Å²) in [5.41, 5.74) is 1.07. The van der Waals surface area contributed by atoms with Crippen LogP contribution in [0.1, 0.15) is 18.4 Å². The van der Waals surface area contributed by atoms with Crippen LogP contribution in [-0.2, 0) is 11.2 Å². The lowest BCUT2D eigenvalue weighted by atomic mass is 10.1. The van der Waals surface area contributed by atoms with Crippen molar-refractivity contribution in [2.75, 3.05) is 19.7 Å². The number of nitrogens with zero attached hydrogens (tertiary/aromatic N) is 1. The van der Waals surface area contributed by atoms with E-state index in [1.54, 1.807) is 0 Å². The summed E-state index contributed by atoms with van der Waals surface area (Å²) in [4.78, 5) is 14.0. The molecule has 0 spiro atoms. The normalized spacial score (nSPS) is 15.2. The second-order valence-corrected chi connectivity index (χ2v) is 4.63. The van der Waals surface area contributed by atoms with Gasteiger partial charge in [-0.25, -0.2) is 0 Å². The first kappa shape index (κ1) is 12.3. The van der Waals surface area contributed by atoms with Crippen LogP contribution in [0.3, 0.4) is 0 Å². The van der Waals surface area contributed by atoms with Crippen LogP contribution in [-0.4, -0.2) is 41.5 Å². The lowest BCUT2D eigenvalue weighted by Crippen LogP contribution is -2.34. The lowest BCUT2D eigenvalue weighted by molar-refractivity contribution is -0.119. The minimum Gasteiger partial charge on any atom is -0.395 e. The van der Waals surface area contributed by atoms with Crippen molar-refractivity contribution in [3.05, 3.63) is 35.9 Å². The SMILES string of the molecule is O=C(Cc1ccccc1)CN(CCO)C1CC1. The van der Waals surface area contributed by atoms with E-state index >= 15 is 0 Å². The maximum atomic E-state index is 11.9. The predicted molar refractivity (Wildman–Crippen MR) is 66.8 cm³/mol. The molecule has 3 nitrogen and oxygen atoms in total. The maximum Gasteiger partial charge on any atom is 0.151 e. The highest BCUT2D eigenvalue weighted by Crippen LogP contribution is 2.26. The standard InChI is InChI=1S/C14H19NO2/c16-9-8-15(13-6-7-13)11-14(17)10-12-4-2-1-3-5-12/h1-5,13,16H,6-11H2. The van der Waals surface area contributed by atoms with Crippen LogP contribution in [0.4, 0.5) is 0 Å². The van der Waals surface area contributed by atoms with E-state index < -0.39 is 0 Å². The summed E-state index contributed by atoms with van der Waals surface area (Å²) >= 11 is 0. The summed E-state index contributed by atoms with van der Waals surface area (Å²) in [6.45, 7) is 1.22. The highest BCUT2D eigenvalue weighted by atomic mass is 16.3. The third kappa shape index (κ3) is 3.95. The largest absolute Gasteiger partial charge is 0.395 e. The second-order valence-electron chi connectivity index (χ2n) is 4.63. The van der Waals surface area contributed by atoms with E-state index in [0.29, 0.717) is 25.6 Å². The Hall–Kier alpha value is -1.19. The molecule has 17 heavy (non-hydrogen) atoms. The van der Waals surface area contributed by atoms with Gasteiger partial charge in [0.15, 0.2) is 5.78 Å². The number of carbonyl (C=O) groups is 1. The summed E-state index contributed by atoms with van der Waals surface area (Å²) in [5, 5.41) is 8.96. The van der Waals surface area contributed by atoms with Crippen molar-refractivity contribution in [1.29, 1.82) is 0 Å². The fourth-order valence-electron chi connectivity index (χ4n) is 2.06. The van der Waals surface area contributed by atoms with Crippen LogP contribution >= 0.6 is 0 Å². The molecule has 2 rings (SSSR count). The molecule has 1 aromatic rings. The first-order valence-corrected chi connectivity index (χ1v) is 6.20. The van der Waals surface area contributed by atoms with Gasteiger partial charge in [-0.15, -0.1) is 0 Å². The van der Waals surface area contributed by atoms with Gasteiger partial charge in [0, 0.05) is 19.0 Å². The first-order chi connectivity index (χ1) is 8.29. The highest BCUT2D eigenvalue weighted by molar-refractivity contribution is 5.82. The summed E-state index contributed by atoms with van der Waals surface area (Å²) < 4.78 is 0. The zero-order chi connectivity index (χ0) is 12.1. The fraction of sp³-hybridized carbons (Fsp3) is 0.500. The van der Waals surface area contributed by atoms with Crippen molar-refractivity contribution in [3.8, 4) is 0 Å². The molecule has 0 saturated heterocycles. The van der Waals surface area contributed by atoms with Crippen molar-refractivity contribution in [2.45, 2.75) is 25.3 Å². The Bertz CT molecular complexity index is 360. The summed E-state index contributed by atoms with van der Waals surface area (Å²) in [7, 11) is 0. The number of hydrogen-bond donors (Lipinski definition) is 1. The predicted octanol–water partition coefficient (Wildman–Crippen LogP) is 1.25. The van der Waals surface area contributed by atoms with E-state index in [1.165, 1.54) is 12.8 Å². The van der Waals surface area contributed by atoms with Gasteiger partial charge in [0.05, 0.1) is 13.2 Å². The third-order valence-corrected chi connectivity index (χ3v) is 3.07. The molecular formula is C14H19NO2. The van der Waals surface area contributed by atoms with E-state index in [-0.39, 0.29) is 12.4 Å². The number of Topliss-reactive ketones (excluding diaryl/α,β-unsaturated/α-hetero) is 1. The summed E-state index contributed by atoms with van der Waals surface area (Å²) in [5.74, 6) is 0.233. The van der Waals surface area contributed by atoms with Crippen molar-refractivity contribution < 1.29 is 9.90 Å². The Morgan fingerprint density at radius 1 is 1.29 bits per heavy atom. The molecule has 0 amide bonds. The second kappa shape index (κ2) is 5.94. The van der Waals surface area contributed by atoms with Gasteiger partial charge in [-0.05, 0) is 18.4 Å². The maximum absolute atomic E-state index is 11.9. The van der Waals surface area contributed by atoms with Gasteiger partial charge < -0.3 is 5.11 Å². The number of carbonyl (C=O) groups excluding carboxylic acids is 1. The van der Waals surface area contributed by atoms with Gasteiger partial charge in [0.2, 0.25) is 0 Å². The summed E-state index contributed by atoms with van der Waals surface area (Å²) in [6.07, 6.45) is 2.83. The molecule has 0 atom stereocenters. The van der Waals surface area contributed by atoms with E-state index in [0.717, 1.165) is 5.56 Å². The smallest absolute Gasteiger partial charge is 0.151 e. The average Bonchev–Trinajstić information content (AvgIpc) is 3.13. The first-order valence-electron chi connectivity index (χ1n) is 6.20. The van der Waals surface area contributed by atoms with Crippen molar-refractivity contribution in [1.82, 2.24) is 4.90 Å². The molecule has 0 aliphatic heterocycles. The van der Waals surface area contributed by atoms with E-state index in [4.69, 9.17) is 5.11 Å². The molecule has 1 aromatic carbocycles. The summed E-state index contributed by atoms with van der Waals surface area (Å²) in [6, 6.07) is 10.3. The van der Waals surface area contributed by atoms with Gasteiger partial charge in [-0.2, -0.15) is 0 Å². The topological polar surface area (TPSA) is 40.5 Å². The van der Waals surface area contributed by atoms with E-state index in [1.807, 2.05) is 30.3 Å². The van der Waals surface area contributed by atoms with Crippen molar-refractivity contribution in [2.24, 2.45) is 0 Å². The molecular weight excluding hydrogens is 214 g/mol. The molecule has 1 aliphatic rings. The molecule has 0 bridgehead atoms. The molecule has 3 heteroatoms. The van der Waals surface area contributed by atoms with Crippen molar-refractivity contribution >= 4 is 5.78 Å². The molecule has 0 radical (unpaired) electrons. The van der Waals surface area contributed by atoms with Gasteiger partial charge in [0.1, 0.15) is 0 Å². The Kier molecular flexibility index (Phi) is 4.29. The van der Waals surface area contributed by atoms with Gasteiger partial charge in [-0.1, -0.05) is 30.3 Å². The Morgan fingerprint density at radius 3 is 2.59 bits per heavy atom. The third-order valence-electron chi connectivity index (χ3n) is 3.07. The van der Waals surface area contributed by atoms with Crippen LogP contribution < -0.4 is 0 Å². The molecule has 1 aliphatic carbocycles. The van der Waals surface area contributed by atoms with Crippen LogP contribution in [0.2, 0.25) is 0 Å². The number of aliphatic hydroxyl groups is 1. The molecule has 0 unspecified atom stereocenters. The van der Waals surface area contributed by atoms with Crippen LogP contribution in [0.15, 0.2) is 30.3 Å². The fourth-order valence-corrected chi connectivity index (χ4v) is 2.06. The van der Waals surface area contributed by atoms with Crippen molar-refractivity contribution in [3.63, 3.8) is 0 Å². The van der Waals surface area contributed by atoms with Crippen LogP contribution in [0.5, 0.6) is 0 Å². The number of ketones is 1. The van der Waals surface area contributed by atoms with Gasteiger partial charge in [0.25, 0.3) is 0 Å². The zero-order valence-electron chi connectivity index (χ0n) is 10.0. The lowest BCUT2D eigenvalue weighted by Gasteiger charge is -2.19. The minimum atomic E-state index is 0.134. The Balaban J connectivity index is 1.83. The molecule has 92 valence electrons. The molecule has 0 heterocycles. The zero-order valence-corrected chi connectivity index (χ0v) is 10.0. The van der Waals surface area contributed by atoms with Gasteiger partial charge >= 0.3 is 0 Å². The van der Waals surface area contributed by atoms with Gasteiger partial charge in [-0.3, -0.25) is 9.69 Å². The molecule has 1 N–H and O–H groups in total. The Morgan fingerprint density at radius 2 is 2.00 bits per heavy atom. The van der Waals surface area contributed by atoms with Crippen LogP contribution in [0.25, 0.3) is 0 Å². The highest BCUT2D eigenvalue weighted by Gasteiger charge is 2.29.